The molecule has 0 fully saturated rings. The van der Waals surface area contributed by atoms with Gasteiger partial charge in [-0.15, -0.1) is 0 Å². The van der Waals surface area contributed by atoms with Gasteiger partial charge in [-0.2, -0.15) is 0 Å². The molecule has 0 saturated heterocycles. The number of benzene rings is 3. The highest BCUT2D eigenvalue weighted by Crippen LogP contribution is 2.52. The molecule has 0 saturated carbocycles. The fraction of sp³-hybridized carbons (Fsp3) is 0.231. The van der Waals surface area contributed by atoms with E-state index in [4.69, 9.17) is 13.8 Å². The van der Waals surface area contributed by atoms with Gasteiger partial charge >= 0.3 is 7.82 Å². The van der Waals surface area contributed by atoms with Crippen molar-refractivity contribution in [2.24, 2.45) is 0 Å². The fourth-order valence-electron chi connectivity index (χ4n) is 3.65. The van der Waals surface area contributed by atoms with Crippen molar-refractivity contribution >= 4 is 31.4 Å². The summed E-state index contributed by atoms with van der Waals surface area (Å²) in [6.45, 7) is 2.17. The van der Waals surface area contributed by atoms with Crippen LogP contribution in [0.3, 0.4) is 0 Å². The Kier molecular flexibility index (Phi) is 7.49. The molecule has 3 aromatic rings. The molecule has 1 atom stereocenters. The first kappa shape index (κ1) is 23.5. The molecule has 172 valence electrons. The topological polar surface area (TPSA) is 65.0 Å². The van der Waals surface area contributed by atoms with Gasteiger partial charge < -0.3 is 13.8 Å². The Morgan fingerprint density at radius 1 is 0.939 bits per heavy atom. The van der Waals surface area contributed by atoms with Crippen molar-refractivity contribution in [1.82, 2.24) is 0 Å². The van der Waals surface area contributed by atoms with E-state index in [0.29, 0.717) is 11.3 Å². The van der Waals surface area contributed by atoms with Crippen LogP contribution in [-0.4, -0.2) is 12.0 Å². The first-order chi connectivity index (χ1) is 16.0. The Bertz CT molecular complexity index is 1190. The second kappa shape index (κ2) is 10.5. The summed E-state index contributed by atoms with van der Waals surface area (Å²) in [7, 11) is -2.85. The number of unbranched alkanes of at least 4 members (excludes halogenated alkanes) is 2. The quantitative estimate of drug-likeness (QED) is 0.250. The van der Waals surface area contributed by atoms with Crippen molar-refractivity contribution < 1.29 is 23.2 Å². The molecule has 0 bridgehead atoms. The third-order valence-electron chi connectivity index (χ3n) is 5.31. The molecule has 0 spiro atoms. The van der Waals surface area contributed by atoms with E-state index in [1.54, 1.807) is 25.3 Å². The number of methoxy groups -OCH3 is 1. The van der Waals surface area contributed by atoms with Gasteiger partial charge in [-0.1, -0.05) is 67.9 Å². The normalized spacial score (nSPS) is 14.2. The molecule has 0 amide bonds. The summed E-state index contributed by atoms with van der Waals surface area (Å²) >= 11 is 1.53. The lowest BCUT2D eigenvalue weighted by Crippen LogP contribution is -1.99. The number of hydrogen-bond acceptors (Lipinski definition) is 5. The number of hydrogen-bond donors (Lipinski definition) is 1. The minimum Gasteiger partial charge on any atom is -0.496 e. The molecule has 1 unspecified atom stereocenters. The lowest BCUT2D eigenvalue weighted by atomic mass is 10.1. The van der Waals surface area contributed by atoms with Crippen LogP contribution in [0.5, 0.6) is 11.5 Å². The van der Waals surface area contributed by atoms with E-state index >= 15 is 0 Å². The summed E-state index contributed by atoms with van der Waals surface area (Å²) in [4.78, 5) is 12.4. The predicted octanol–water partition coefficient (Wildman–Crippen LogP) is 7.59. The van der Waals surface area contributed by atoms with Gasteiger partial charge in [0.05, 0.1) is 12.0 Å². The van der Waals surface area contributed by atoms with Crippen LogP contribution in [0.4, 0.5) is 0 Å². The van der Waals surface area contributed by atoms with E-state index in [0.717, 1.165) is 28.2 Å². The molecule has 0 aromatic heterocycles. The molecule has 5 nitrogen and oxygen atoms in total. The van der Waals surface area contributed by atoms with Gasteiger partial charge in [0, 0.05) is 10.5 Å². The van der Waals surface area contributed by atoms with Crippen LogP contribution < -0.4 is 9.26 Å². The molecular formula is C26H27O5PS. The summed E-state index contributed by atoms with van der Waals surface area (Å²) < 4.78 is 29.5. The van der Waals surface area contributed by atoms with Gasteiger partial charge in [0.1, 0.15) is 17.3 Å². The monoisotopic (exact) mass is 482 g/mol. The van der Waals surface area contributed by atoms with Gasteiger partial charge in [0.25, 0.3) is 0 Å². The molecule has 7 heteroatoms. The van der Waals surface area contributed by atoms with E-state index in [9.17, 15) is 9.46 Å². The number of phosphoric acid groups is 1. The largest absolute Gasteiger partial charge is 0.584 e. The van der Waals surface area contributed by atoms with Crippen molar-refractivity contribution in [3.8, 4) is 11.5 Å². The third kappa shape index (κ3) is 5.83. The van der Waals surface area contributed by atoms with Crippen molar-refractivity contribution in [2.75, 3.05) is 7.11 Å². The molecular weight excluding hydrogens is 455 g/mol. The van der Waals surface area contributed by atoms with E-state index in [-0.39, 0.29) is 11.5 Å². The molecule has 4 rings (SSSR count). The molecule has 1 aliphatic rings. The zero-order valence-electron chi connectivity index (χ0n) is 18.7. The zero-order chi connectivity index (χ0) is 23.3. The Hall–Kier alpha value is -2.66. The van der Waals surface area contributed by atoms with Crippen LogP contribution >= 0.6 is 19.6 Å². The molecule has 3 aromatic carbocycles. The minimum atomic E-state index is -4.45. The van der Waals surface area contributed by atoms with Gasteiger partial charge in [-0.3, -0.25) is 4.89 Å². The summed E-state index contributed by atoms with van der Waals surface area (Å²) in [5.74, 6) is 1.20. The van der Waals surface area contributed by atoms with E-state index < -0.39 is 7.82 Å². The lowest BCUT2D eigenvalue weighted by Gasteiger charge is -2.18. The van der Waals surface area contributed by atoms with Crippen molar-refractivity contribution in [2.45, 2.75) is 42.4 Å². The number of fused-ring (bicyclic) bond motifs is 2. The van der Waals surface area contributed by atoms with E-state index in [1.165, 1.54) is 30.2 Å². The molecule has 1 heterocycles. The summed E-state index contributed by atoms with van der Waals surface area (Å²) in [6, 6.07) is 20.6. The fourth-order valence-corrected chi connectivity index (χ4v) is 5.61. The molecule has 0 radical (unpaired) electrons. The van der Waals surface area contributed by atoms with Gasteiger partial charge in [0.15, 0.2) is 0 Å². The Labute approximate surface area is 199 Å². The van der Waals surface area contributed by atoms with Crippen LogP contribution in [0.25, 0.3) is 11.8 Å². The maximum absolute atomic E-state index is 13.0. The van der Waals surface area contributed by atoms with Gasteiger partial charge in [0.2, 0.25) is 0 Å². The number of aryl methyl sites for hydroxylation is 1. The Morgan fingerprint density at radius 3 is 2.48 bits per heavy atom. The Morgan fingerprint density at radius 2 is 1.73 bits per heavy atom. The average molecular weight is 483 g/mol. The van der Waals surface area contributed by atoms with Crippen LogP contribution in [-0.2, 0) is 15.5 Å². The minimum absolute atomic E-state index is 0.253. The van der Waals surface area contributed by atoms with Gasteiger partial charge in [-0.05, 0) is 60.4 Å². The van der Waals surface area contributed by atoms with Crippen molar-refractivity contribution in [3.05, 3.63) is 83.4 Å². The number of phosphoric ester groups is 1. The highest BCUT2D eigenvalue weighted by atomic mass is 32.2. The predicted molar refractivity (Wildman–Crippen MR) is 133 cm³/mol. The SMILES string of the molecule is CCCCCc1ccc(OP(=O)(O)OC2=Cc3ccccc3Sc3c(OC)cccc32)cc1. The highest BCUT2D eigenvalue weighted by molar-refractivity contribution is 7.99. The van der Waals surface area contributed by atoms with Crippen molar-refractivity contribution in [3.63, 3.8) is 0 Å². The standard InChI is InChI=1S/C26H27O5PS/c1-3-4-5-9-19-14-16-21(17-15-19)30-32(27,28)31-24-18-20-10-6-7-13-25(20)33-26-22(24)11-8-12-23(26)29-2/h6-8,10-18H,3-5,9H2,1-2H3,(H,27,28). The van der Waals surface area contributed by atoms with Crippen LogP contribution in [0.15, 0.2) is 76.5 Å². The maximum atomic E-state index is 13.0. The van der Waals surface area contributed by atoms with Gasteiger partial charge in [-0.25, -0.2) is 4.57 Å². The van der Waals surface area contributed by atoms with E-state index in [1.807, 2.05) is 54.6 Å². The average Bonchev–Trinajstić information content (AvgIpc) is 2.96. The second-order valence-electron chi connectivity index (χ2n) is 7.74. The smallest absolute Gasteiger partial charge is 0.496 e. The van der Waals surface area contributed by atoms with Crippen molar-refractivity contribution in [1.29, 1.82) is 0 Å². The summed E-state index contributed by atoms with van der Waals surface area (Å²) in [5.41, 5.74) is 2.72. The van der Waals surface area contributed by atoms with E-state index in [2.05, 4.69) is 6.92 Å². The molecule has 1 aliphatic heterocycles. The summed E-state index contributed by atoms with van der Waals surface area (Å²) in [6.07, 6.45) is 6.20. The first-order valence-corrected chi connectivity index (χ1v) is 13.3. The second-order valence-corrected chi connectivity index (χ2v) is 10.1. The molecule has 1 N–H and O–H groups in total. The number of ether oxygens (including phenoxy) is 1. The maximum Gasteiger partial charge on any atom is 0.584 e. The van der Waals surface area contributed by atoms with Crippen LogP contribution in [0, 0.1) is 0 Å². The Balaban J connectivity index is 1.59. The first-order valence-electron chi connectivity index (χ1n) is 11.0. The molecule has 0 aliphatic carbocycles. The third-order valence-corrected chi connectivity index (χ3v) is 7.39. The highest BCUT2D eigenvalue weighted by Gasteiger charge is 2.30. The molecule has 33 heavy (non-hydrogen) atoms. The lowest BCUT2D eigenvalue weighted by molar-refractivity contribution is 0.277. The zero-order valence-corrected chi connectivity index (χ0v) is 20.4. The van der Waals surface area contributed by atoms with Crippen LogP contribution in [0.2, 0.25) is 0 Å². The summed E-state index contributed by atoms with van der Waals surface area (Å²) in [5, 5.41) is 0. The number of rotatable bonds is 9. The van der Waals surface area contributed by atoms with Crippen LogP contribution in [0.1, 0.15) is 42.9 Å².